The molecule has 1 aliphatic rings. The van der Waals surface area contributed by atoms with Crippen molar-refractivity contribution in [3.8, 4) is 0 Å². The molecule has 1 saturated heterocycles. The van der Waals surface area contributed by atoms with Gasteiger partial charge in [0.05, 0.1) is 6.54 Å². The third-order valence-corrected chi connectivity index (χ3v) is 1.98. The van der Waals surface area contributed by atoms with Crippen molar-refractivity contribution in [3.05, 3.63) is 0 Å². The van der Waals surface area contributed by atoms with Crippen LogP contribution in [0.15, 0.2) is 0 Å². The first-order chi connectivity index (χ1) is 6.24. The van der Waals surface area contributed by atoms with Gasteiger partial charge in [0.15, 0.2) is 0 Å². The summed E-state index contributed by atoms with van der Waals surface area (Å²) < 4.78 is 0. The number of aliphatic hydroxyl groups is 1. The number of aliphatic hydroxyl groups excluding tert-OH is 1. The van der Waals surface area contributed by atoms with Gasteiger partial charge >= 0.3 is 0 Å². The summed E-state index contributed by atoms with van der Waals surface area (Å²) in [7, 11) is 0. The first kappa shape index (κ1) is 9.98. The van der Waals surface area contributed by atoms with Crippen LogP contribution in [0.1, 0.15) is 12.8 Å². The van der Waals surface area contributed by atoms with Gasteiger partial charge in [-0.3, -0.25) is 9.59 Å². The lowest BCUT2D eigenvalue weighted by Crippen LogP contribution is -2.36. The second-order valence-corrected chi connectivity index (χ2v) is 2.98. The van der Waals surface area contributed by atoms with Gasteiger partial charge in [-0.1, -0.05) is 0 Å². The fraction of sp³-hybridized carbons (Fsp3) is 0.750. The molecule has 0 aromatic rings. The quantitative estimate of drug-likeness (QED) is 0.576. The Hall–Kier alpha value is -1.10. The van der Waals surface area contributed by atoms with Crippen LogP contribution < -0.4 is 5.32 Å². The minimum atomic E-state index is -0.0835. The van der Waals surface area contributed by atoms with Crippen molar-refractivity contribution in [1.82, 2.24) is 10.2 Å². The summed E-state index contributed by atoms with van der Waals surface area (Å²) in [6.45, 7) is 1.16. The van der Waals surface area contributed by atoms with Crippen LogP contribution in [-0.2, 0) is 9.59 Å². The highest BCUT2D eigenvalue weighted by molar-refractivity contribution is 5.87. The first-order valence-corrected chi connectivity index (χ1v) is 4.39. The van der Waals surface area contributed by atoms with Crippen LogP contribution in [-0.4, -0.2) is 48.1 Å². The van der Waals surface area contributed by atoms with Crippen molar-refractivity contribution in [3.63, 3.8) is 0 Å². The number of rotatable bonds is 3. The molecule has 2 N–H and O–H groups in total. The standard InChI is InChI=1S/C8H14N2O3/c11-5-1-3-10-4-2-7(12)9-6-8(10)13/h11H,1-6H2,(H,9,12). The summed E-state index contributed by atoms with van der Waals surface area (Å²) in [5.41, 5.74) is 0. The van der Waals surface area contributed by atoms with Crippen LogP contribution in [0.5, 0.6) is 0 Å². The number of amides is 2. The summed E-state index contributed by atoms with van der Waals surface area (Å²) >= 11 is 0. The molecule has 0 aromatic heterocycles. The van der Waals surface area contributed by atoms with E-state index in [0.717, 1.165) is 0 Å². The van der Waals surface area contributed by atoms with E-state index in [-0.39, 0.29) is 25.0 Å². The SMILES string of the molecule is O=C1CCN(CCCO)C(=O)CN1. The maximum Gasteiger partial charge on any atom is 0.241 e. The summed E-state index contributed by atoms with van der Waals surface area (Å²) in [6, 6.07) is 0. The molecule has 0 bridgehead atoms. The summed E-state index contributed by atoms with van der Waals surface area (Å²) in [6.07, 6.45) is 0.928. The number of hydrogen-bond acceptors (Lipinski definition) is 3. The molecular weight excluding hydrogens is 172 g/mol. The van der Waals surface area contributed by atoms with Crippen molar-refractivity contribution < 1.29 is 14.7 Å². The molecule has 0 radical (unpaired) electrons. The van der Waals surface area contributed by atoms with Crippen LogP contribution in [0.25, 0.3) is 0 Å². The highest BCUT2D eigenvalue weighted by Crippen LogP contribution is 1.98. The van der Waals surface area contributed by atoms with E-state index in [1.807, 2.05) is 0 Å². The van der Waals surface area contributed by atoms with Crippen LogP contribution in [0, 0.1) is 0 Å². The van der Waals surface area contributed by atoms with E-state index in [9.17, 15) is 9.59 Å². The molecule has 1 heterocycles. The Labute approximate surface area is 76.7 Å². The molecule has 0 unspecified atom stereocenters. The maximum absolute atomic E-state index is 11.3. The second kappa shape index (κ2) is 4.81. The molecule has 0 atom stereocenters. The van der Waals surface area contributed by atoms with Gasteiger partial charge in [-0.2, -0.15) is 0 Å². The molecule has 5 heteroatoms. The average Bonchev–Trinajstić information content (AvgIpc) is 2.28. The molecule has 0 saturated carbocycles. The van der Waals surface area contributed by atoms with Gasteiger partial charge in [0.1, 0.15) is 0 Å². The molecule has 0 aromatic carbocycles. The molecule has 74 valence electrons. The van der Waals surface area contributed by atoms with Crippen LogP contribution in [0.3, 0.4) is 0 Å². The predicted molar refractivity (Wildman–Crippen MR) is 45.9 cm³/mol. The van der Waals surface area contributed by atoms with E-state index in [1.54, 1.807) is 4.90 Å². The Morgan fingerprint density at radius 3 is 2.92 bits per heavy atom. The largest absolute Gasteiger partial charge is 0.396 e. The van der Waals surface area contributed by atoms with Gasteiger partial charge < -0.3 is 15.3 Å². The van der Waals surface area contributed by atoms with Gasteiger partial charge in [0.25, 0.3) is 0 Å². The average molecular weight is 186 g/mol. The Bertz CT molecular complexity index is 206. The molecule has 2 amide bonds. The van der Waals surface area contributed by atoms with Gasteiger partial charge in [-0.25, -0.2) is 0 Å². The number of hydrogen-bond donors (Lipinski definition) is 2. The second-order valence-electron chi connectivity index (χ2n) is 2.98. The lowest BCUT2D eigenvalue weighted by atomic mass is 10.3. The lowest BCUT2D eigenvalue weighted by molar-refractivity contribution is -0.130. The number of nitrogens with one attached hydrogen (secondary N) is 1. The predicted octanol–water partition coefficient (Wildman–Crippen LogP) is -1.28. The van der Waals surface area contributed by atoms with E-state index in [4.69, 9.17) is 5.11 Å². The minimum Gasteiger partial charge on any atom is -0.396 e. The maximum atomic E-state index is 11.3. The normalized spacial score (nSPS) is 18.4. The van der Waals surface area contributed by atoms with E-state index < -0.39 is 0 Å². The third-order valence-electron chi connectivity index (χ3n) is 1.98. The third kappa shape index (κ3) is 3.02. The zero-order valence-electron chi connectivity index (χ0n) is 7.45. The molecule has 5 nitrogen and oxygen atoms in total. The fourth-order valence-corrected chi connectivity index (χ4v) is 1.23. The van der Waals surface area contributed by atoms with E-state index in [2.05, 4.69) is 5.32 Å². The van der Waals surface area contributed by atoms with Crippen molar-refractivity contribution in [2.45, 2.75) is 12.8 Å². The Kier molecular flexibility index (Phi) is 3.70. The Balaban J connectivity index is 2.42. The molecule has 0 aliphatic carbocycles. The highest BCUT2D eigenvalue weighted by Gasteiger charge is 2.18. The number of nitrogens with zero attached hydrogens (tertiary/aromatic N) is 1. The molecular formula is C8H14N2O3. The Morgan fingerprint density at radius 2 is 2.23 bits per heavy atom. The van der Waals surface area contributed by atoms with Gasteiger partial charge in [0.2, 0.25) is 11.8 Å². The number of carbonyl (C=O) groups excluding carboxylic acids is 2. The summed E-state index contributed by atoms with van der Waals surface area (Å²) in [5.74, 6) is -0.154. The summed E-state index contributed by atoms with van der Waals surface area (Å²) in [5, 5.41) is 11.1. The van der Waals surface area contributed by atoms with E-state index in [0.29, 0.717) is 25.9 Å². The van der Waals surface area contributed by atoms with Gasteiger partial charge in [-0.05, 0) is 6.42 Å². The minimum absolute atomic E-state index is 0.0701. The van der Waals surface area contributed by atoms with E-state index >= 15 is 0 Å². The molecule has 0 spiro atoms. The monoisotopic (exact) mass is 186 g/mol. The van der Waals surface area contributed by atoms with E-state index in [1.165, 1.54) is 0 Å². The van der Waals surface area contributed by atoms with Gasteiger partial charge in [-0.15, -0.1) is 0 Å². The highest BCUT2D eigenvalue weighted by atomic mass is 16.3. The number of carbonyl (C=O) groups is 2. The van der Waals surface area contributed by atoms with Crippen LogP contribution in [0.4, 0.5) is 0 Å². The fourth-order valence-electron chi connectivity index (χ4n) is 1.23. The Morgan fingerprint density at radius 1 is 1.46 bits per heavy atom. The molecule has 1 fully saturated rings. The van der Waals surface area contributed by atoms with Crippen molar-refractivity contribution in [2.24, 2.45) is 0 Å². The van der Waals surface area contributed by atoms with Crippen molar-refractivity contribution in [1.29, 1.82) is 0 Å². The molecule has 13 heavy (non-hydrogen) atoms. The summed E-state index contributed by atoms with van der Waals surface area (Å²) in [4.78, 5) is 23.8. The zero-order chi connectivity index (χ0) is 9.68. The topological polar surface area (TPSA) is 69.6 Å². The first-order valence-electron chi connectivity index (χ1n) is 4.39. The van der Waals surface area contributed by atoms with Crippen molar-refractivity contribution >= 4 is 11.8 Å². The lowest BCUT2D eigenvalue weighted by Gasteiger charge is -2.18. The van der Waals surface area contributed by atoms with Crippen LogP contribution >= 0.6 is 0 Å². The van der Waals surface area contributed by atoms with Crippen molar-refractivity contribution in [2.75, 3.05) is 26.2 Å². The zero-order valence-corrected chi connectivity index (χ0v) is 7.45. The molecule has 1 aliphatic heterocycles. The van der Waals surface area contributed by atoms with Crippen LogP contribution in [0.2, 0.25) is 0 Å². The smallest absolute Gasteiger partial charge is 0.241 e. The molecule has 1 rings (SSSR count). The van der Waals surface area contributed by atoms with Gasteiger partial charge in [0, 0.05) is 26.1 Å².